The summed E-state index contributed by atoms with van der Waals surface area (Å²) in [4.78, 5) is 0.319. The Balaban J connectivity index is 2.68. The molecule has 0 aliphatic rings. The maximum Gasteiger partial charge on any atom is 0.240 e. The van der Waals surface area contributed by atoms with Gasteiger partial charge in [-0.2, -0.15) is 0 Å². The molecule has 0 aliphatic carbocycles. The largest absolute Gasteiger partial charge is 0.396 e. The van der Waals surface area contributed by atoms with Crippen molar-refractivity contribution >= 4 is 10.0 Å². The van der Waals surface area contributed by atoms with Crippen molar-refractivity contribution in [1.29, 1.82) is 0 Å². The molecule has 0 unspecified atom stereocenters. The number of aryl methyl sites for hydroxylation is 1. The quantitative estimate of drug-likeness (QED) is 0.734. The first-order valence-electron chi connectivity index (χ1n) is 5.24. The highest BCUT2D eigenvalue weighted by molar-refractivity contribution is 7.89. The lowest BCUT2D eigenvalue weighted by Crippen LogP contribution is -2.25. The second-order valence-corrected chi connectivity index (χ2v) is 5.33. The topological polar surface area (TPSA) is 66.4 Å². The monoisotopic (exact) mass is 243 g/mol. The first-order chi connectivity index (χ1) is 7.58. The molecule has 5 heteroatoms. The van der Waals surface area contributed by atoms with Crippen LogP contribution in [0.15, 0.2) is 29.2 Å². The van der Waals surface area contributed by atoms with Crippen LogP contribution in [0.5, 0.6) is 0 Å². The molecule has 16 heavy (non-hydrogen) atoms. The minimum Gasteiger partial charge on any atom is -0.396 e. The fraction of sp³-hybridized carbons (Fsp3) is 0.455. The molecule has 0 aromatic heterocycles. The lowest BCUT2D eigenvalue weighted by atomic mass is 10.2. The van der Waals surface area contributed by atoms with Crippen molar-refractivity contribution in [3.63, 3.8) is 0 Å². The Hall–Kier alpha value is -0.910. The number of rotatable bonds is 6. The Morgan fingerprint density at radius 2 is 1.94 bits per heavy atom. The second kappa shape index (κ2) is 5.98. The van der Waals surface area contributed by atoms with Gasteiger partial charge in [0.2, 0.25) is 10.0 Å². The van der Waals surface area contributed by atoms with Crippen LogP contribution in [0.25, 0.3) is 0 Å². The van der Waals surface area contributed by atoms with Crippen molar-refractivity contribution in [2.24, 2.45) is 0 Å². The lowest BCUT2D eigenvalue weighted by molar-refractivity contribution is 0.285. The molecule has 0 heterocycles. The lowest BCUT2D eigenvalue weighted by Gasteiger charge is -2.08. The van der Waals surface area contributed by atoms with Gasteiger partial charge in [0, 0.05) is 13.2 Å². The second-order valence-electron chi connectivity index (χ2n) is 3.59. The van der Waals surface area contributed by atoms with E-state index in [1.807, 2.05) is 0 Å². The van der Waals surface area contributed by atoms with E-state index in [0.717, 1.165) is 5.56 Å². The maximum absolute atomic E-state index is 11.8. The van der Waals surface area contributed by atoms with Gasteiger partial charge in [-0.3, -0.25) is 0 Å². The van der Waals surface area contributed by atoms with E-state index in [9.17, 15) is 8.42 Å². The molecular formula is C11H17NO3S. The number of nitrogens with one attached hydrogen (secondary N) is 1. The molecule has 0 amide bonds. The summed E-state index contributed by atoms with van der Waals surface area (Å²) >= 11 is 0. The number of benzene rings is 1. The number of hydrogen-bond donors (Lipinski definition) is 2. The minimum atomic E-state index is -3.40. The van der Waals surface area contributed by atoms with Gasteiger partial charge in [-0.25, -0.2) is 13.1 Å². The van der Waals surface area contributed by atoms with Crippen LogP contribution in [0.3, 0.4) is 0 Å². The zero-order chi connectivity index (χ0) is 12.0. The minimum absolute atomic E-state index is 0.0894. The van der Waals surface area contributed by atoms with Crippen LogP contribution >= 0.6 is 0 Å². The van der Waals surface area contributed by atoms with Crippen LogP contribution in [0.1, 0.15) is 18.4 Å². The van der Waals surface area contributed by atoms with Gasteiger partial charge in [0.25, 0.3) is 0 Å². The van der Waals surface area contributed by atoms with Crippen LogP contribution in [0.4, 0.5) is 0 Å². The van der Waals surface area contributed by atoms with E-state index in [2.05, 4.69) is 4.72 Å². The van der Waals surface area contributed by atoms with E-state index in [-0.39, 0.29) is 6.61 Å². The molecule has 1 rings (SSSR count). The van der Waals surface area contributed by atoms with E-state index < -0.39 is 10.0 Å². The zero-order valence-corrected chi connectivity index (χ0v) is 10.1. The summed E-state index contributed by atoms with van der Waals surface area (Å²) in [5, 5.41) is 8.58. The van der Waals surface area contributed by atoms with E-state index in [1.165, 1.54) is 0 Å². The number of hydrogen-bond acceptors (Lipinski definition) is 3. The SMILES string of the molecule is Cc1ccccc1S(=O)(=O)NCCCCO. The van der Waals surface area contributed by atoms with Gasteiger partial charge in [0.1, 0.15) is 0 Å². The van der Waals surface area contributed by atoms with Gasteiger partial charge < -0.3 is 5.11 Å². The molecule has 90 valence electrons. The summed E-state index contributed by atoms with van der Waals surface area (Å²) in [6.07, 6.45) is 1.25. The summed E-state index contributed by atoms with van der Waals surface area (Å²) in [5.41, 5.74) is 0.733. The van der Waals surface area contributed by atoms with E-state index in [4.69, 9.17) is 5.11 Å². The first kappa shape index (κ1) is 13.2. The Labute approximate surface area is 96.4 Å². The standard InChI is InChI=1S/C11H17NO3S/c1-10-6-2-3-7-11(10)16(14,15)12-8-4-5-9-13/h2-3,6-7,12-13H,4-5,8-9H2,1H3. The third-order valence-corrected chi connectivity index (χ3v) is 3.88. The van der Waals surface area contributed by atoms with Crippen molar-refractivity contribution in [2.75, 3.05) is 13.2 Å². The molecule has 0 atom stereocenters. The normalized spacial score (nSPS) is 11.6. The van der Waals surface area contributed by atoms with Gasteiger partial charge in [0.05, 0.1) is 4.90 Å². The molecule has 1 aromatic carbocycles. The van der Waals surface area contributed by atoms with E-state index >= 15 is 0 Å². The molecule has 0 aliphatic heterocycles. The Kier molecular flexibility index (Phi) is 4.92. The van der Waals surface area contributed by atoms with Crippen LogP contribution in [0.2, 0.25) is 0 Å². The van der Waals surface area contributed by atoms with Crippen LogP contribution in [0, 0.1) is 6.92 Å². The van der Waals surface area contributed by atoms with E-state index in [0.29, 0.717) is 24.3 Å². The Morgan fingerprint density at radius 3 is 2.56 bits per heavy atom. The first-order valence-corrected chi connectivity index (χ1v) is 6.72. The maximum atomic E-state index is 11.8. The molecule has 0 bridgehead atoms. The number of sulfonamides is 1. The van der Waals surface area contributed by atoms with Crippen LogP contribution in [-0.2, 0) is 10.0 Å². The van der Waals surface area contributed by atoms with Crippen molar-refractivity contribution in [3.8, 4) is 0 Å². The zero-order valence-electron chi connectivity index (χ0n) is 9.31. The molecule has 0 fully saturated rings. The highest BCUT2D eigenvalue weighted by atomic mass is 32.2. The number of unbranched alkanes of at least 4 members (excludes halogenated alkanes) is 1. The molecule has 0 saturated heterocycles. The van der Waals surface area contributed by atoms with E-state index in [1.54, 1.807) is 31.2 Å². The molecular weight excluding hydrogens is 226 g/mol. The predicted molar refractivity (Wildman–Crippen MR) is 62.7 cm³/mol. The van der Waals surface area contributed by atoms with Gasteiger partial charge >= 0.3 is 0 Å². The van der Waals surface area contributed by atoms with Gasteiger partial charge in [0.15, 0.2) is 0 Å². The molecule has 0 radical (unpaired) electrons. The van der Waals surface area contributed by atoms with Gasteiger partial charge in [-0.15, -0.1) is 0 Å². The smallest absolute Gasteiger partial charge is 0.240 e. The molecule has 0 spiro atoms. The fourth-order valence-electron chi connectivity index (χ4n) is 1.38. The summed E-state index contributed by atoms with van der Waals surface area (Å²) < 4.78 is 26.2. The highest BCUT2D eigenvalue weighted by Crippen LogP contribution is 2.13. The fourth-order valence-corrected chi connectivity index (χ4v) is 2.70. The molecule has 1 aromatic rings. The molecule has 4 nitrogen and oxygen atoms in total. The molecule has 2 N–H and O–H groups in total. The van der Waals surface area contributed by atoms with Crippen molar-refractivity contribution < 1.29 is 13.5 Å². The van der Waals surface area contributed by atoms with Crippen molar-refractivity contribution in [1.82, 2.24) is 4.72 Å². The summed E-state index contributed by atoms with van der Waals surface area (Å²) in [5.74, 6) is 0. The van der Waals surface area contributed by atoms with Gasteiger partial charge in [-0.1, -0.05) is 18.2 Å². The summed E-state index contributed by atoms with van der Waals surface area (Å²) in [6, 6.07) is 6.86. The number of aliphatic hydroxyl groups excluding tert-OH is 1. The van der Waals surface area contributed by atoms with Gasteiger partial charge in [-0.05, 0) is 31.4 Å². The Bertz CT molecular complexity index is 429. The van der Waals surface area contributed by atoms with Crippen LogP contribution < -0.4 is 4.72 Å². The highest BCUT2D eigenvalue weighted by Gasteiger charge is 2.14. The molecule has 0 saturated carbocycles. The average Bonchev–Trinajstić information content (AvgIpc) is 2.25. The van der Waals surface area contributed by atoms with Crippen molar-refractivity contribution in [2.45, 2.75) is 24.7 Å². The van der Waals surface area contributed by atoms with Crippen molar-refractivity contribution in [3.05, 3.63) is 29.8 Å². The third-order valence-electron chi connectivity index (χ3n) is 2.26. The average molecular weight is 243 g/mol. The predicted octanol–water partition coefficient (Wildman–Crippen LogP) is 1.05. The Morgan fingerprint density at radius 1 is 1.25 bits per heavy atom. The summed E-state index contributed by atoms with van der Waals surface area (Å²) in [6.45, 7) is 2.21. The third kappa shape index (κ3) is 3.59. The number of aliphatic hydroxyl groups is 1. The summed E-state index contributed by atoms with van der Waals surface area (Å²) in [7, 11) is -3.40. The van der Waals surface area contributed by atoms with Crippen LogP contribution in [-0.4, -0.2) is 26.7 Å².